The van der Waals surface area contributed by atoms with Gasteiger partial charge in [0.1, 0.15) is 0 Å². The summed E-state index contributed by atoms with van der Waals surface area (Å²) in [7, 11) is 1.53. The van der Waals surface area contributed by atoms with Gasteiger partial charge in [0, 0.05) is 12.0 Å². The van der Waals surface area contributed by atoms with Crippen LogP contribution in [0.15, 0.2) is 40.8 Å². The van der Waals surface area contributed by atoms with Gasteiger partial charge >= 0.3 is 0 Å². The van der Waals surface area contributed by atoms with Crippen LogP contribution >= 0.6 is 11.3 Å². The van der Waals surface area contributed by atoms with Crippen LogP contribution in [0.1, 0.15) is 42.2 Å². The summed E-state index contributed by atoms with van der Waals surface area (Å²) < 4.78 is 5.26. The minimum Gasteiger partial charge on any atom is -0.504 e. The molecule has 0 radical (unpaired) electrons. The van der Waals surface area contributed by atoms with Gasteiger partial charge < -0.3 is 9.84 Å². The second-order valence-electron chi connectivity index (χ2n) is 7.22. The maximum absolute atomic E-state index is 13.1. The molecule has 2 aliphatic rings. The molecule has 148 valence electrons. The molecule has 1 aromatic heterocycles. The second-order valence-corrected chi connectivity index (χ2v) is 8.16. The normalized spacial score (nSPS) is 20.2. The van der Waals surface area contributed by atoms with Crippen LogP contribution in [0.5, 0.6) is 11.5 Å². The summed E-state index contributed by atoms with van der Waals surface area (Å²) in [6.07, 6.45) is 4.08. The number of likely N-dealkylation sites (tertiary alicyclic amines) is 1. The summed E-state index contributed by atoms with van der Waals surface area (Å²) in [5.74, 6) is 0.458. The molecule has 6 nitrogen and oxygen atoms in total. The predicted molar refractivity (Wildman–Crippen MR) is 110 cm³/mol. The standard InChI is InChI=1S/C21H25N3O3S/c1-27-18-8-5-7-15(21(18)26)17-13-16(19-9-6-12-28-19)22-24(17)20(25)14-23-10-3-2-4-11-23/h5-9,12,17,26H,2-4,10-11,13-14H2,1H3/t17-/m1/s1. The number of methoxy groups -OCH3 is 1. The lowest BCUT2D eigenvalue weighted by Crippen LogP contribution is -2.40. The van der Waals surface area contributed by atoms with Crippen molar-refractivity contribution in [1.82, 2.24) is 9.91 Å². The molecule has 7 heteroatoms. The molecule has 1 saturated heterocycles. The van der Waals surface area contributed by atoms with E-state index in [0.29, 0.717) is 24.3 Å². The number of benzene rings is 1. The Morgan fingerprint density at radius 2 is 2.07 bits per heavy atom. The largest absolute Gasteiger partial charge is 0.504 e. The Labute approximate surface area is 169 Å². The van der Waals surface area contributed by atoms with Crippen molar-refractivity contribution in [2.24, 2.45) is 5.10 Å². The number of hydrogen-bond donors (Lipinski definition) is 1. The highest BCUT2D eigenvalue weighted by molar-refractivity contribution is 7.12. The molecule has 2 aliphatic heterocycles. The summed E-state index contributed by atoms with van der Waals surface area (Å²) in [6, 6.07) is 9.07. The van der Waals surface area contributed by atoms with E-state index in [2.05, 4.69) is 10.0 Å². The maximum atomic E-state index is 13.1. The second kappa shape index (κ2) is 8.32. The van der Waals surface area contributed by atoms with Crippen molar-refractivity contribution in [3.63, 3.8) is 0 Å². The molecule has 1 N–H and O–H groups in total. The summed E-state index contributed by atoms with van der Waals surface area (Å²) in [5.41, 5.74) is 1.55. The predicted octanol–water partition coefficient (Wildman–Crippen LogP) is 3.63. The number of hydrazone groups is 1. The minimum absolute atomic E-state index is 0.0272. The number of carbonyl (C=O) groups is 1. The minimum atomic E-state index is -0.329. The zero-order valence-corrected chi connectivity index (χ0v) is 16.8. The summed E-state index contributed by atoms with van der Waals surface area (Å²) in [5, 5.41) is 18.9. The third-order valence-corrected chi connectivity index (χ3v) is 6.31. The van der Waals surface area contributed by atoms with E-state index in [0.717, 1.165) is 36.5 Å². The molecule has 0 spiro atoms. The van der Waals surface area contributed by atoms with Gasteiger partial charge in [0.05, 0.1) is 30.3 Å². The van der Waals surface area contributed by atoms with Crippen LogP contribution in [0.3, 0.4) is 0 Å². The van der Waals surface area contributed by atoms with Crippen molar-refractivity contribution in [3.05, 3.63) is 46.2 Å². The van der Waals surface area contributed by atoms with E-state index >= 15 is 0 Å². The van der Waals surface area contributed by atoms with Gasteiger partial charge in [-0.15, -0.1) is 11.3 Å². The monoisotopic (exact) mass is 399 g/mol. The number of nitrogens with zero attached hydrogens (tertiary/aromatic N) is 3. The van der Waals surface area contributed by atoms with Crippen molar-refractivity contribution in [3.8, 4) is 11.5 Å². The van der Waals surface area contributed by atoms with Gasteiger partial charge in [0.15, 0.2) is 11.5 Å². The number of amides is 1. The molecular formula is C21H25N3O3S. The number of aromatic hydroxyl groups is 1. The number of hydrogen-bond acceptors (Lipinski definition) is 6. The fraction of sp³-hybridized carbons (Fsp3) is 0.429. The number of phenols is 1. The van der Waals surface area contributed by atoms with E-state index in [9.17, 15) is 9.90 Å². The van der Waals surface area contributed by atoms with Crippen molar-refractivity contribution >= 4 is 23.0 Å². The zero-order valence-electron chi connectivity index (χ0n) is 16.0. The van der Waals surface area contributed by atoms with Crippen LogP contribution in [0.4, 0.5) is 0 Å². The third kappa shape index (κ3) is 3.77. The van der Waals surface area contributed by atoms with Crippen molar-refractivity contribution < 1.29 is 14.6 Å². The summed E-state index contributed by atoms with van der Waals surface area (Å²) >= 11 is 1.61. The first-order valence-corrected chi connectivity index (χ1v) is 10.6. The Balaban J connectivity index is 1.63. The first-order valence-electron chi connectivity index (χ1n) is 9.69. The highest BCUT2D eigenvalue weighted by Gasteiger charge is 2.36. The highest BCUT2D eigenvalue weighted by atomic mass is 32.1. The molecule has 28 heavy (non-hydrogen) atoms. The summed E-state index contributed by atoms with van der Waals surface area (Å²) in [6.45, 7) is 2.27. The molecule has 0 saturated carbocycles. The SMILES string of the molecule is COc1cccc([C@H]2CC(c3cccs3)=NN2C(=O)CN2CCCCC2)c1O. The number of rotatable bonds is 5. The fourth-order valence-electron chi connectivity index (χ4n) is 3.93. The van der Waals surface area contributed by atoms with Crippen LogP contribution in [-0.2, 0) is 4.79 Å². The van der Waals surface area contributed by atoms with E-state index in [4.69, 9.17) is 4.74 Å². The van der Waals surface area contributed by atoms with Crippen molar-refractivity contribution in [2.75, 3.05) is 26.7 Å². The molecule has 3 heterocycles. The average Bonchev–Trinajstić information content (AvgIpc) is 3.39. The molecular weight excluding hydrogens is 374 g/mol. The Kier molecular flexibility index (Phi) is 5.64. The lowest BCUT2D eigenvalue weighted by Gasteiger charge is -2.29. The topological polar surface area (TPSA) is 65.4 Å². The van der Waals surface area contributed by atoms with Crippen LogP contribution in [0.2, 0.25) is 0 Å². The number of phenolic OH excluding ortho intramolecular Hbond substituents is 1. The van der Waals surface area contributed by atoms with Gasteiger partial charge in [-0.3, -0.25) is 9.69 Å². The van der Waals surface area contributed by atoms with Crippen molar-refractivity contribution in [1.29, 1.82) is 0 Å². The molecule has 4 rings (SSSR count). The number of piperidine rings is 1. The van der Waals surface area contributed by atoms with Crippen LogP contribution in [0.25, 0.3) is 0 Å². The number of thiophene rings is 1. The lowest BCUT2D eigenvalue weighted by atomic mass is 9.99. The van der Waals surface area contributed by atoms with Gasteiger partial charge in [0.2, 0.25) is 0 Å². The molecule has 0 bridgehead atoms. The molecule has 1 amide bonds. The van der Waals surface area contributed by atoms with E-state index in [1.54, 1.807) is 22.4 Å². The quantitative estimate of drug-likeness (QED) is 0.834. The fourth-order valence-corrected chi connectivity index (χ4v) is 4.65. The van der Waals surface area contributed by atoms with E-state index < -0.39 is 0 Å². The molecule has 2 aromatic rings. The maximum Gasteiger partial charge on any atom is 0.257 e. The first-order chi connectivity index (χ1) is 13.7. The Morgan fingerprint density at radius 3 is 2.79 bits per heavy atom. The Bertz CT molecular complexity index is 860. The molecule has 1 fully saturated rings. The average molecular weight is 400 g/mol. The van der Waals surface area contributed by atoms with Crippen LogP contribution in [0, 0.1) is 0 Å². The molecule has 0 aliphatic carbocycles. The molecule has 1 atom stereocenters. The molecule has 1 aromatic carbocycles. The van der Waals surface area contributed by atoms with Gasteiger partial charge in [0.25, 0.3) is 5.91 Å². The highest BCUT2D eigenvalue weighted by Crippen LogP contribution is 2.41. The van der Waals surface area contributed by atoms with Crippen molar-refractivity contribution in [2.45, 2.75) is 31.7 Å². The smallest absolute Gasteiger partial charge is 0.257 e. The zero-order chi connectivity index (χ0) is 19.5. The first kappa shape index (κ1) is 19.0. The third-order valence-electron chi connectivity index (χ3n) is 5.39. The van der Waals surface area contributed by atoms with Gasteiger partial charge in [-0.2, -0.15) is 5.10 Å². The van der Waals surface area contributed by atoms with Gasteiger partial charge in [-0.1, -0.05) is 24.6 Å². The van der Waals surface area contributed by atoms with E-state index in [1.165, 1.54) is 13.5 Å². The number of para-hydroxylation sites is 1. The van der Waals surface area contributed by atoms with E-state index in [-0.39, 0.29) is 17.7 Å². The van der Waals surface area contributed by atoms with Crippen LogP contribution in [-0.4, -0.2) is 53.4 Å². The number of carbonyl (C=O) groups excluding carboxylic acids is 1. The van der Waals surface area contributed by atoms with Crippen LogP contribution < -0.4 is 4.74 Å². The molecule has 0 unspecified atom stereocenters. The lowest BCUT2D eigenvalue weighted by molar-refractivity contribution is -0.134. The summed E-state index contributed by atoms with van der Waals surface area (Å²) in [4.78, 5) is 16.4. The Hall–Kier alpha value is -2.38. The van der Waals surface area contributed by atoms with Gasteiger partial charge in [-0.25, -0.2) is 5.01 Å². The number of ether oxygens (including phenoxy) is 1. The Morgan fingerprint density at radius 1 is 1.25 bits per heavy atom. The van der Waals surface area contributed by atoms with E-state index in [1.807, 2.05) is 29.6 Å². The van der Waals surface area contributed by atoms with Gasteiger partial charge in [-0.05, 0) is 43.4 Å².